The Hall–Kier alpha value is -1.14. The average Bonchev–Trinajstić information content (AvgIpc) is 2.88. The number of carbonyl (C=O) groups excluding carboxylic acids is 1. The lowest BCUT2D eigenvalue weighted by atomic mass is 10.1. The van der Waals surface area contributed by atoms with Crippen molar-refractivity contribution in [2.75, 3.05) is 38.7 Å². The summed E-state index contributed by atoms with van der Waals surface area (Å²) in [7, 11) is 3.54. The van der Waals surface area contributed by atoms with Gasteiger partial charge in [0.2, 0.25) is 0 Å². The number of aromatic nitrogens is 1. The highest BCUT2D eigenvalue weighted by Gasteiger charge is 2.25. The first-order valence-corrected chi connectivity index (χ1v) is 7.02. The summed E-state index contributed by atoms with van der Waals surface area (Å²) in [5, 5.41) is 2.68. The summed E-state index contributed by atoms with van der Waals surface area (Å²) in [6.45, 7) is 5.17. The topological polar surface area (TPSA) is 45.7 Å². The molecule has 2 heterocycles. The molecule has 6 heteroatoms. The first-order chi connectivity index (χ1) is 8.65. The molecule has 0 bridgehead atoms. The van der Waals surface area contributed by atoms with E-state index in [-0.39, 0.29) is 5.97 Å². The molecule has 1 saturated heterocycles. The van der Waals surface area contributed by atoms with Crippen LogP contribution in [0.1, 0.15) is 23.8 Å². The van der Waals surface area contributed by atoms with E-state index < -0.39 is 0 Å². The highest BCUT2D eigenvalue weighted by atomic mass is 32.1. The molecule has 0 amide bonds. The van der Waals surface area contributed by atoms with Crippen molar-refractivity contribution in [3.63, 3.8) is 0 Å². The number of piperazine rings is 1. The zero-order chi connectivity index (χ0) is 13.1. The molecule has 100 valence electrons. The number of thiazole rings is 1. The fourth-order valence-electron chi connectivity index (χ4n) is 2.17. The molecule has 2 rings (SSSR count). The Bertz CT molecular complexity index is 421. The molecule has 0 spiro atoms. The van der Waals surface area contributed by atoms with E-state index in [1.54, 1.807) is 5.38 Å². The normalized spacial score (nSPS) is 21.1. The summed E-state index contributed by atoms with van der Waals surface area (Å²) in [5.41, 5.74) is 0.407. The van der Waals surface area contributed by atoms with Crippen LogP contribution in [-0.2, 0) is 4.74 Å². The summed E-state index contributed by atoms with van der Waals surface area (Å²) in [6.07, 6.45) is 1.13. The van der Waals surface area contributed by atoms with E-state index in [4.69, 9.17) is 0 Å². The van der Waals surface area contributed by atoms with Crippen LogP contribution in [0.2, 0.25) is 0 Å². The Morgan fingerprint density at radius 1 is 1.61 bits per heavy atom. The van der Waals surface area contributed by atoms with Crippen molar-refractivity contribution in [2.24, 2.45) is 0 Å². The first-order valence-electron chi connectivity index (χ1n) is 6.14. The number of rotatable bonds is 3. The molecule has 0 aliphatic carbocycles. The maximum Gasteiger partial charge on any atom is 0.357 e. The summed E-state index contributed by atoms with van der Waals surface area (Å²) in [5.74, 6) is -0.362. The minimum absolute atomic E-state index is 0.362. The average molecular weight is 269 g/mol. The molecule has 0 N–H and O–H groups in total. The predicted octanol–water partition coefficient (Wildman–Crippen LogP) is 1.46. The van der Waals surface area contributed by atoms with Crippen molar-refractivity contribution in [1.82, 2.24) is 9.88 Å². The van der Waals surface area contributed by atoms with Crippen molar-refractivity contribution in [1.29, 1.82) is 0 Å². The van der Waals surface area contributed by atoms with Crippen LogP contribution in [-0.4, -0.2) is 55.7 Å². The van der Waals surface area contributed by atoms with Gasteiger partial charge in [-0.2, -0.15) is 0 Å². The Morgan fingerprint density at radius 3 is 3.06 bits per heavy atom. The second-order valence-corrected chi connectivity index (χ2v) is 5.33. The molecule has 1 atom stereocenters. The summed E-state index contributed by atoms with van der Waals surface area (Å²) in [4.78, 5) is 20.4. The molecule has 0 radical (unpaired) electrons. The summed E-state index contributed by atoms with van der Waals surface area (Å²) < 4.78 is 4.67. The minimum Gasteiger partial charge on any atom is -0.464 e. The third kappa shape index (κ3) is 2.64. The van der Waals surface area contributed by atoms with Gasteiger partial charge in [0, 0.05) is 31.1 Å². The highest BCUT2D eigenvalue weighted by molar-refractivity contribution is 7.13. The van der Waals surface area contributed by atoms with Gasteiger partial charge in [-0.05, 0) is 13.5 Å². The number of anilines is 1. The number of methoxy groups -OCH3 is 1. The lowest BCUT2D eigenvalue weighted by Gasteiger charge is -2.38. The molecular formula is C12H19N3O2S. The van der Waals surface area contributed by atoms with Gasteiger partial charge in [0.25, 0.3) is 0 Å². The number of ether oxygens (including phenoxy) is 1. The summed E-state index contributed by atoms with van der Waals surface area (Å²) >= 11 is 1.51. The Labute approximate surface area is 111 Å². The second kappa shape index (κ2) is 5.67. The zero-order valence-electron chi connectivity index (χ0n) is 11.0. The van der Waals surface area contributed by atoms with Crippen LogP contribution in [0.25, 0.3) is 0 Å². The minimum atomic E-state index is -0.362. The Balaban J connectivity index is 2.07. The molecule has 1 aliphatic rings. The van der Waals surface area contributed by atoms with Crippen LogP contribution >= 0.6 is 11.3 Å². The first kappa shape index (κ1) is 13.3. The maximum absolute atomic E-state index is 11.4. The molecule has 0 aromatic carbocycles. The SMILES string of the molecule is CCC1CN(c2nc(C(=O)OC)cs2)CCN1C. The molecule has 1 aromatic heterocycles. The Kier molecular flexibility index (Phi) is 4.19. The molecule has 1 aliphatic heterocycles. The van der Waals surface area contributed by atoms with Gasteiger partial charge in [0.05, 0.1) is 7.11 Å². The number of hydrogen-bond acceptors (Lipinski definition) is 6. The molecule has 1 unspecified atom stereocenters. The molecule has 1 fully saturated rings. The smallest absolute Gasteiger partial charge is 0.357 e. The van der Waals surface area contributed by atoms with Crippen molar-refractivity contribution in [3.05, 3.63) is 11.1 Å². The fourth-order valence-corrected chi connectivity index (χ4v) is 3.00. The Morgan fingerprint density at radius 2 is 2.39 bits per heavy atom. The van der Waals surface area contributed by atoms with Crippen LogP contribution in [0.4, 0.5) is 5.13 Å². The number of nitrogens with zero attached hydrogens (tertiary/aromatic N) is 3. The lowest BCUT2D eigenvalue weighted by Crippen LogP contribution is -2.51. The van der Waals surface area contributed by atoms with Crippen LogP contribution in [0.15, 0.2) is 5.38 Å². The van der Waals surface area contributed by atoms with E-state index in [2.05, 4.69) is 33.5 Å². The highest BCUT2D eigenvalue weighted by Crippen LogP contribution is 2.24. The van der Waals surface area contributed by atoms with Crippen LogP contribution in [0, 0.1) is 0 Å². The number of likely N-dealkylation sites (N-methyl/N-ethyl adjacent to an activating group) is 1. The van der Waals surface area contributed by atoms with Gasteiger partial charge in [-0.1, -0.05) is 6.92 Å². The maximum atomic E-state index is 11.4. The predicted molar refractivity (Wildman–Crippen MR) is 72.4 cm³/mol. The molecule has 5 nitrogen and oxygen atoms in total. The van der Waals surface area contributed by atoms with Gasteiger partial charge in [-0.15, -0.1) is 11.3 Å². The van der Waals surface area contributed by atoms with E-state index in [9.17, 15) is 4.79 Å². The number of hydrogen-bond donors (Lipinski definition) is 0. The van der Waals surface area contributed by atoms with Gasteiger partial charge in [0.15, 0.2) is 10.8 Å². The van der Waals surface area contributed by atoms with Crippen LogP contribution < -0.4 is 4.90 Å². The van der Waals surface area contributed by atoms with Crippen LogP contribution in [0.3, 0.4) is 0 Å². The van der Waals surface area contributed by atoms with Gasteiger partial charge < -0.3 is 9.64 Å². The molecular weight excluding hydrogens is 250 g/mol. The molecule has 0 saturated carbocycles. The van der Waals surface area contributed by atoms with Gasteiger partial charge in [-0.3, -0.25) is 4.90 Å². The van der Waals surface area contributed by atoms with Crippen molar-refractivity contribution < 1.29 is 9.53 Å². The standard InChI is InChI=1S/C12H19N3O2S/c1-4-9-7-15(6-5-14(9)2)12-13-10(8-18-12)11(16)17-3/h8-9H,4-7H2,1-3H3. The largest absolute Gasteiger partial charge is 0.464 e. The lowest BCUT2D eigenvalue weighted by molar-refractivity contribution is 0.0595. The third-order valence-electron chi connectivity index (χ3n) is 3.41. The van der Waals surface area contributed by atoms with E-state index in [0.717, 1.165) is 31.2 Å². The summed E-state index contributed by atoms with van der Waals surface area (Å²) in [6, 6.07) is 0.559. The molecule has 18 heavy (non-hydrogen) atoms. The van der Waals surface area contributed by atoms with Gasteiger partial charge >= 0.3 is 5.97 Å². The quantitative estimate of drug-likeness (QED) is 0.777. The van der Waals surface area contributed by atoms with E-state index >= 15 is 0 Å². The van der Waals surface area contributed by atoms with E-state index in [1.807, 2.05) is 0 Å². The second-order valence-electron chi connectivity index (χ2n) is 4.50. The monoisotopic (exact) mass is 269 g/mol. The fraction of sp³-hybridized carbons (Fsp3) is 0.667. The van der Waals surface area contributed by atoms with Gasteiger partial charge in [-0.25, -0.2) is 9.78 Å². The van der Waals surface area contributed by atoms with Crippen molar-refractivity contribution in [2.45, 2.75) is 19.4 Å². The van der Waals surface area contributed by atoms with Crippen molar-refractivity contribution in [3.8, 4) is 0 Å². The number of esters is 1. The molecule has 1 aromatic rings. The van der Waals surface area contributed by atoms with Gasteiger partial charge in [0.1, 0.15) is 0 Å². The van der Waals surface area contributed by atoms with E-state index in [0.29, 0.717) is 11.7 Å². The van der Waals surface area contributed by atoms with Crippen LogP contribution in [0.5, 0.6) is 0 Å². The van der Waals surface area contributed by atoms with E-state index in [1.165, 1.54) is 18.4 Å². The van der Waals surface area contributed by atoms with Crippen molar-refractivity contribution >= 4 is 22.4 Å². The zero-order valence-corrected chi connectivity index (χ0v) is 11.9. The third-order valence-corrected chi connectivity index (χ3v) is 4.31. The number of carbonyl (C=O) groups is 1.